The number of sulfonamides is 1. The number of rotatable bonds is 4. The van der Waals surface area contributed by atoms with Crippen LogP contribution in [0.1, 0.15) is 24.2 Å². The summed E-state index contributed by atoms with van der Waals surface area (Å²) in [5.74, 6) is -1.29. The Hall–Kier alpha value is -0.630. The lowest BCUT2D eigenvalue weighted by atomic mass is 10.2. The Balaban J connectivity index is 3.40. The van der Waals surface area contributed by atoms with Crippen LogP contribution in [0.4, 0.5) is 0 Å². The summed E-state index contributed by atoms with van der Waals surface area (Å²) in [6.45, 7) is 3.33. The fraction of sp³-hybridized carbons (Fsp3) is 0.300. The van der Waals surface area contributed by atoms with Crippen LogP contribution in [-0.4, -0.2) is 25.5 Å². The van der Waals surface area contributed by atoms with Crippen molar-refractivity contribution < 1.29 is 18.3 Å². The molecule has 1 aromatic rings. The van der Waals surface area contributed by atoms with Crippen LogP contribution in [0, 0.1) is 0 Å². The Morgan fingerprint density at radius 2 is 2.00 bits per heavy atom. The molecular weight excluding hydrogens is 346 g/mol. The second kappa shape index (κ2) is 5.56. The molecular formula is C10H11BrClNO4S. The molecule has 8 heteroatoms. The summed E-state index contributed by atoms with van der Waals surface area (Å²) in [5.41, 5.74) is -0.268. The van der Waals surface area contributed by atoms with Crippen molar-refractivity contribution >= 4 is 43.5 Å². The van der Waals surface area contributed by atoms with Crippen molar-refractivity contribution in [2.24, 2.45) is 0 Å². The van der Waals surface area contributed by atoms with Crippen LogP contribution in [-0.2, 0) is 10.0 Å². The summed E-state index contributed by atoms with van der Waals surface area (Å²) in [4.78, 5) is 10.8. The van der Waals surface area contributed by atoms with Crippen molar-refractivity contribution in [1.29, 1.82) is 0 Å². The normalized spacial score (nSPS) is 11.8. The van der Waals surface area contributed by atoms with Crippen molar-refractivity contribution in [3.05, 3.63) is 27.2 Å². The molecule has 0 atom stereocenters. The summed E-state index contributed by atoms with van der Waals surface area (Å²) in [5, 5.41) is 8.91. The number of carboxylic acids is 1. The molecule has 1 rings (SSSR count). The predicted octanol–water partition coefficient (Wildman–Crippen LogP) is 2.49. The van der Waals surface area contributed by atoms with Gasteiger partial charge in [-0.15, -0.1) is 0 Å². The van der Waals surface area contributed by atoms with E-state index in [9.17, 15) is 13.2 Å². The monoisotopic (exact) mass is 355 g/mol. The first kappa shape index (κ1) is 15.4. The number of benzene rings is 1. The van der Waals surface area contributed by atoms with Gasteiger partial charge in [-0.3, -0.25) is 0 Å². The second-order valence-electron chi connectivity index (χ2n) is 3.85. The minimum Gasteiger partial charge on any atom is -0.478 e. The highest BCUT2D eigenvalue weighted by Gasteiger charge is 2.21. The van der Waals surface area contributed by atoms with Crippen LogP contribution in [0.15, 0.2) is 21.5 Å². The zero-order valence-electron chi connectivity index (χ0n) is 9.57. The zero-order valence-corrected chi connectivity index (χ0v) is 12.7. The molecule has 0 radical (unpaired) electrons. The molecule has 0 fully saturated rings. The molecule has 2 N–H and O–H groups in total. The van der Waals surface area contributed by atoms with Gasteiger partial charge in [-0.2, -0.15) is 0 Å². The summed E-state index contributed by atoms with van der Waals surface area (Å²) in [6.07, 6.45) is 0. The second-order valence-corrected chi connectivity index (χ2v) is 6.79. The zero-order chi connectivity index (χ0) is 14.1. The molecule has 0 saturated heterocycles. The first-order valence-corrected chi connectivity index (χ1v) is 7.55. The van der Waals surface area contributed by atoms with Crippen molar-refractivity contribution in [2.45, 2.75) is 24.8 Å². The minimum atomic E-state index is -3.76. The van der Waals surface area contributed by atoms with Gasteiger partial charge in [-0.25, -0.2) is 17.9 Å². The summed E-state index contributed by atoms with van der Waals surface area (Å²) < 4.78 is 26.4. The van der Waals surface area contributed by atoms with Crippen LogP contribution in [0.25, 0.3) is 0 Å². The van der Waals surface area contributed by atoms with E-state index in [-0.39, 0.29) is 26.0 Å². The molecule has 18 heavy (non-hydrogen) atoms. The van der Waals surface area contributed by atoms with Gasteiger partial charge in [0.05, 0.1) is 15.5 Å². The number of hydrogen-bond donors (Lipinski definition) is 2. The molecule has 0 spiro atoms. The van der Waals surface area contributed by atoms with Gasteiger partial charge in [-0.05, 0) is 41.9 Å². The lowest BCUT2D eigenvalue weighted by Gasteiger charge is -2.11. The highest BCUT2D eigenvalue weighted by atomic mass is 79.9. The molecule has 0 aromatic heterocycles. The largest absolute Gasteiger partial charge is 0.478 e. The molecule has 100 valence electrons. The third kappa shape index (κ3) is 3.44. The SMILES string of the molecule is CC(C)NS(=O)(=O)c1cc(Br)c(Cl)c(C(=O)O)c1. The van der Waals surface area contributed by atoms with E-state index in [1.165, 1.54) is 6.07 Å². The van der Waals surface area contributed by atoms with Gasteiger partial charge < -0.3 is 5.11 Å². The molecule has 0 aliphatic carbocycles. The van der Waals surface area contributed by atoms with Crippen LogP contribution < -0.4 is 4.72 Å². The summed E-state index contributed by atoms with van der Waals surface area (Å²) >= 11 is 8.81. The fourth-order valence-corrected chi connectivity index (χ4v) is 3.36. The lowest BCUT2D eigenvalue weighted by Crippen LogP contribution is -2.30. The van der Waals surface area contributed by atoms with Crippen molar-refractivity contribution in [3.63, 3.8) is 0 Å². The Bertz CT molecular complexity index is 586. The van der Waals surface area contributed by atoms with Crippen molar-refractivity contribution in [1.82, 2.24) is 4.72 Å². The maximum absolute atomic E-state index is 11.9. The van der Waals surface area contributed by atoms with E-state index in [4.69, 9.17) is 16.7 Å². The predicted molar refractivity (Wildman–Crippen MR) is 71.6 cm³/mol. The van der Waals surface area contributed by atoms with Gasteiger partial charge in [0, 0.05) is 10.5 Å². The smallest absolute Gasteiger partial charge is 0.337 e. The number of carboxylic acid groups (broad SMARTS) is 1. The van der Waals surface area contributed by atoms with Gasteiger partial charge in [-0.1, -0.05) is 11.6 Å². The third-order valence-electron chi connectivity index (χ3n) is 1.93. The van der Waals surface area contributed by atoms with Crippen LogP contribution in [0.3, 0.4) is 0 Å². The molecule has 0 saturated carbocycles. The standard InChI is InChI=1S/C10H11BrClNO4S/c1-5(2)13-18(16,17)6-3-7(10(14)15)9(12)8(11)4-6/h3-5,13H,1-2H3,(H,14,15). The van der Waals surface area contributed by atoms with Crippen molar-refractivity contribution in [3.8, 4) is 0 Å². The molecule has 0 aliphatic rings. The van der Waals surface area contributed by atoms with Crippen LogP contribution in [0.5, 0.6) is 0 Å². The highest BCUT2D eigenvalue weighted by molar-refractivity contribution is 9.10. The Morgan fingerprint density at radius 1 is 1.44 bits per heavy atom. The third-order valence-corrected chi connectivity index (χ3v) is 4.83. The number of hydrogen-bond acceptors (Lipinski definition) is 3. The van der Waals surface area contributed by atoms with Gasteiger partial charge >= 0.3 is 5.97 Å². The number of carbonyl (C=O) groups is 1. The first-order valence-electron chi connectivity index (χ1n) is 4.90. The van der Waals surface area contributed by atoms with E-state index >= 15 is 0 Å². The maximum atomic E-state index is 11.9. The molecule has 0 aliphatic heterocycles. The van der Waals surface area contributed by atoms with Crippen LogP contribution in [0.2, 0.25) is 5.02 Å². The maximum Gasteiger partial charge on any atom is 0.337 e. The molecule has 0 bridgehead atoms. The number of halogens is 2. The van der Waals surface area contributed by atoms with E-state index in [0.717, 1.165) is 6.07 Å². The van der Waals surface area contributed by atoms with E-state index in [0.29, 0.717) is 0 Å². The van der Waals surface area contributed by atoms with Gasteiger partial charge in [0.1, 0.15) is 0 Å². The van der Waals surface area contributed by atoms with Gasteiger partial charge in [0.25, 0.3) is 0 Å². The molecule has 0 amide bonds. The average molecular weight is 357 g/mol. The summed E-state index contributed by atoms with van der Waals surface area (Å²) in [6, 6.07) is 2.00. The molecule has 0 unspecified atom stereocenters. The number of nitrogens with one attached hydrogen (secondary N) is 1. The van der Waals surface area contributed by atoms with Crippen molar-refractivity contribution in [2.75, 3.05) is 0 Å². The average Bonchev–Trinajstić information content (AvgIpc) is 2.19. The molecule has 1 aromatic carbocycles. The van der Waals surface area contributed by atoms with Crippen LogP contribution >= 0.6 is 27.5 Å². The highest BCUT2D eigenvalue weighted by Crippen LogP contribution is 2.29. The summed E-state index contributed by atoms with van der Waals surface area (Å²) in [7, 11) is -3.76. The van der Waals surface area contributed by atoms with E-state index < -0.39 is 16.0 Å². The van der Waals surface area contributed by atoms with E-state index in [1.54, 1.807) is 13.8 Å². The van der Waals surface area contributed by atoms with E-state index in [2.05, 4.69) is 20.7 Å². The Kier molecular flexibility index (Phi) is 4.77. The Morgan fingerprint density at radius 3 is 2.44 bits per heavy atom. The van der Waals surface area contributed by atoms with Gasteiger partial charge in [0.15, 0.2) is 0 Å². The molecule has 5 nitrogen and oxygen atoms in total. The quantitative estimate of drug-likeness (QED) is 0.868. The fourth-order valence-electron chi connectivity index (χ4n) is 1.25. The lowest BCUT2D eigenvalue weighted by molar-refractivity contribution is 0.0696. The number of aromatic carboxylic acids is 1. The minimum absolute atomic E-state index is 0.0361. The molecule has 0 heterocycles. The Labute approximate surface area is 118 Å². The van der Waals surface area contributed by atoms with E-state index in [1.807, 2.05) is 0 Å². The topological polar surface area (TPSA) is 83.5 Å². The van der Waals surface area contributed by atoms with Gasteiger partial charge in [0.2, 0.25) is 10.0 Å². The first-order chi connectivity index (χ1) is 8.15.